The fourth-order valence-electron chi connectivity index (χ4n) is 5.08. The van der Waals surface area contributed by atoms with Crippen LogP contribution in [0.5, 0.6) is 5.75 Å². The Kier molecular flexibility index (Phi) is 6.75. The van der Waals surface area contributed by atoms with Crippen LogP contribution in [0.3, 0.4) is 0 Å². The molecular weight excluding hydrogens is 402 g/mol. The number of fused-ring (bicyclic) bond motifs is 1. The molecule has 1 fully saturated rings. The van der Waals surface area contributed by atoms with Crippen LogP contribution in [0.4, 0.5) is 0 Å². The van der Waals surface area contributed by atoms with Crippen LogP contribution in [-0.2, 0) is 9.53 Å². The van der Waals surface area contributed by atoms with Gasteiger partial charge in [0, 0.05) is 5.92 Å². The van der Waals surface area contributed by atoms with Gasteiger partial charge in [-0.1, -0.05) is 55.7 Å². The highest BCUT2D eigenvalue weighted by atomic mass is 16.5. The summed E-state index contributed by atoms with van der Waals surface area (Å²) in [5.41, 5.74) is 2.66. The third-order valence-electron chi connectivity index (χ3n) is 6.56. The predicted molar refractivity (Wildman–Crippen MR) is 122 cm³/mol. The minimum atomic E-state index is -0.771. The van der Waals surface area contributed by atoms with Gasteiger partial charge in [-0.25, -0.2) is 9.78 Å². The van der Waals surface area contributed by atoms with Crippen molar-refractivity contribution in [2.45, 2.75) is 50.5 Å². The predicted octanol–water partition coefficient (Wildman–Crippen LogP) is 5.38. The second-order valence-corrected chi connectivity index (χ2v) is 8.36. The molecule has 3 aromatic rings. The molecule has 166 valence electrons. The lowest BCUT2D eigenvalue weighted by Crippen LogP contribution is -2.27. The molecule has 6 nitrogen and oxygen atoms in total. The number of aromatic nitrogens is 2. The van der Waals surface area contributed by atoms with E-state index < -0.39 is 12.0 Å². The van der Waals surface area contributed by atoms with Crippen LogP contribution >= 0.6 is 0 Å². The van der Waals surface area contributed by atoms with Gasteiger partial charge in [-0.2, -0.15) is 5.26 Å². The monoisotopic (exact) mass is 431 g/mol. The van der Waals surface area contributed by atoms with Gasteiger partial charge in [-0.3, -0.25) is 0 Å². The van der Waals surface area contributed by atoms with E-state index in [1.165, 1.54) is 31.9 Å². The van der Waals surface area contributed by atoms with Crippen molar-refractivity contribution >= 4 is 17.0 Å². The van der Waals surface area contributed by atoms with Crippen LogP contribution in [0, 0.1) is 17.2 Å². The van der Waals surface area contributed by atoms with E-state index in [9.17, 15) is 10.1 Å². The average Bonchev–Trinajstić information content (AvgIpc) is 3.22. The summed E-state index contributed by atoms with van der Waals surface area (Å²) in [4.78, 5) is 17.9. The van der Waals surface area contributed by atoms with Crippen LogP contribution in [0.25, 0.3) is 11.0 Å². The van der Waals surface area contributed by atoms with Crippen molar-refractivity contribution in [2.24, 2.45) is 5.92 Å². The zero-order valence-electron chi connectivity index (χ0n) is 18.7. The maximum atomic E-state index is 12.8. The molecular formula is C26H29N3O3. The molecule has 2 aromatic carbocycles. The van der Waals surface area contributed by atoms with Crippen LogP contribution in [-0.4, -0.2) is 29.7 Å². The highest BCUT2D eigenvalue weighted by molar-refractivity contribution is 5.85. The van der Waals surface area contributed by atoms with Gasteiger partial charge in [0.1, 0.15) is 23.1 Å². The van der Waals surface area contributed by atoms with Crippen LogP contribution in [0.2, 0.25) is 0 Å². The Morgan fingerprint density at radius 3 is 2.53 bits per heavy atom. The number of esters is 1. The number of nitrogens with zero attached hydrogens (tertiary/aromatic N) is 3. The van der Waals surface area contributed by atoms with Crippen molar-refractivity contribution < 1.29 is 14.3 Å². The first-order chi connectivity index (χ1) is 15.7. The molecule has 32 heavy (non-hydrogen) atoms. The molecule has 0 amide bonds. The van der Waals surface area contributed by atoms with Crippen molar-refractivity contribution in [3.05, 3.63) is 59.9 Å². The lowest BCUT2D eigenvalue weighted by molar-refractivity contribution is -0.144. The van der Waals surface area contributed by atoms with E-state index in [2.05, 4.69) is 18.2 Å². The number of hydrogen-bond donors (Lipinski definition) is 0. The van der Waals surface area contributed by atoms with Crippen LogP contribution < -0.4 is 4.74 Å². The van der Waals surface area contributed by atoms with Crippen molar-refractivity contribution in [1.29, 1.82) is 5.26 Å². The number of para-hydroxylation sites is 1. The maximum Gasteiger partial charge on any atom is 0.329 e. The molecule has 0 aliphatic heterocycles. The SMILES string of the molecule is COC(=O)C(CC#N)n1c(C(c2ccccc2)C2CCCCC2)nc2c(OC)cccc21. The molecule has 1 saturated carbocycles. The third-order valence-corrected chi connectivity index (χ3v) is 6.56. The van der Waals surface area contributed by atoms with Gasteiger partial charge in [-0.05, 0) is 36.5 Å². The Labute approximate surface area is 188 Å². The molecule has 0 saturated heterocycles. The number of imidazole rings is 1. The summed E-state index contributed by atoms with van der Waals surface area (Å²) in [5, 5.41) is 9.53. The van der Waals surface area contributed by atoms with Gasteiger partial charge >= 0.3 is 5.97 Å². The Hall–Kier alpha value is -3.33. The Morgan fingerprint density at radius 1 is 1.12 bits per heavy atom. The standard InChI is InChI=1S/C26H29N3O3/c1-31-22-15-9-14-20-24(22)28-25(29(20)21(16-17-27)26(30)32-2)23(18-10-5-3-6-11-18)19-12-7-4-8-13-19/h3,5-6,9-11,14-15,19,21,23H,4,7-8,12-13,16H2,1-2H3. The van der Waals surface area contributed by atoms with Crippen LogP contribution in [0.1, 0.15) is 61.9 Å². The molecule has 6 heteroatoms. The Bertz CT molecular complexity index is 1110. The molecule has 0 N–H and O–H groups in total. The first kappa shape index (κ1) is 21.9. The second kappa shape index (κ2) is 9.86. The number of hydrogen-bond acceptors (Lipinski definition) is 5. The van der Waals surface area contributed by atoms with E-state index in [4.69, 9.17) is 14.5 Å². The van der Waals surface area contributed by atoms with Gasteiger partial charge in [0.05, 0.1) is 32.2 Å². The minimum Gasteiger partial charge on any atom is -0.494 e. The summed E-state index contributed by atoms with van der Waals surface area (Å²) in [6, 6.07) is 17.5. The maximum absolute atomic E-state index is 12.8. The van der Waals surface area contributed by atoms with Gasteiger partial charge < -0.3 is 14.0 Å². The number of carbonyl (C=O) groups excluding carboxylic acids is 1. The largest absolute Gasteiger partial charge is 0.494 e. The van der Waals surface area contributed by atoms with Gasteiger partial charge in [0.2, 0.25) is 0 Å². The molecule has 2 atom stereocenters. The molecule has 1 heterocycles. The molecule has 0 radical (unpaired) electrons. The number of benzene rings is 2. The zero-order chi connectivity index (χ0) is 22.5. The fourth-order valence-corrected chi connectivity index (χ4v) is 5.08. The zero-order valence-corrected chi connectivity index (χ0v) is 18.7. The third kappa shape index (κ3) is 4.08. The highest BCUT2D eigenvalue weighted by Gasteiger charge is 2.35. The summed E-state index contributed by atoms with van der Waals surface area (Å²) in [6.07, 6.45) is 5.87. The lowest BCUT2D eigenvalue weighted by Gasteiger charge is -2.31. The van der Waals surface area contributed by atoms with E-state index in [1.807, 2.05) is 41.0 Å². The number of rotatable bonds is 7. The molecule has 2 unspecified atom stereocenters. The quantitative estimate of drug-likeness (QED) is 0.469. The lowest BCUT2D eigenvalue weighted by atomic mass is 9.76. The van der Waals surface area contributed by atoms with Crippen molar-refractivity contribution in [3.8, 4) is 11.8 Å². The fraction of sp³-hybridized carbons (Fsp3) is 0.423. The minimum absolute atomic E-state index is 0.00845. The topological polar surface area (TPSA) is 77.1 Å². The summed E-state index contributed by atoms with van der Waals surface area (Å²) in [7, 11) is 2.98. The number of methoxy groups -OCH3 is 2. The van der Waals surface area contributed by atoms with E-state index in [0.717, 1.165) is 24.2 Å². The summed E-state index contributed by atoms with van der Waals surface area (Å²) < 4.78 is 12.6. The summed E-state index contributed by atoms with van der Waals surface area (Å²) in [5.74, 6) is 1.43. The number of ether oxygens (including phenoxy) is 2. The van der Waals surface area contributed by atoms with E-state index in [0.29, 0.717) is 17.2 Å². The molecule has 1 aromatic heterocycles. The highest BCUT2D eigenvalue weighted by Crippen LogP contribution is 2.43. The summed E-state index contributed by atoms with van der Waals surface area (Å²) in [6.45, 7) is 0. The number of nitriles is 1. The molecule has 0 bridgehead atoms. The molecule has 0 spiro atoms. The first-order valence-corrected chi connectivity index (χ1v) is 11.2. The molecule has 4 rings (SSSR count). The van der Waals surface area contributed by atoms with Crippen molar-refractivity contribution in [2.75, 3.05) is 14.2 Å². The van der Waals surface area contributed by atoms with E-state index in [-0.39, 0.29) is 12.3 Å². The average molecular weight is 432 g/mol. The first-order valence-electron chi connectivity index (χ1n) is 11.2. The van der Waals surface area contributed by atoms with Crippen molar-refractivity contribution in [1.82, 2.24) is 9.55 Å². The van der Waals surface area contributed by atoms with Crippen LogP contribution in [0.15, 0.2) is 48.5 Å². The molecule has 1 aliphatic rings. The Balaban J connectivity index is 2.00. The van der Waals surface area contributed by atoms with Crippen molar-refractivity contribution in [3.63, 3.8) is 0 Å². The number of carbonyl (C=O) groups is 1. The second-order valence-electron chi connectivity index (χ2n) is 8.36. The van der Waals surface area contributed by atoms with Gasteiger partial charge in [-0.15, -0.1) is 0 Å². The normalized spacial score (nSPS) is 16.3. The molecule has 1 aliphatic carbocycles. The van der Waals surface area contributed by atoms with Gasteiger partial charge in [0.15, 0.2) is 0 Å². The Morgan fingerprint density at radius 2 is 1.88 bits per heavy atom. The summed E-state index contributed by atoms with van der Waals surface area (Å²) >= 11 is 0. The smallest absolute Gasteiger partial charge is 0.329 e. The van der Waals surface area contributed by atoms with Gasteiger partial charge in [0.25, 0.3) is 0 Å². The van der Waals surface area contributed by atoms with E-state index in [1.54, 1.807) is 7.11 Å². The van der Waals surface area contributed by atoms with E-state index >= 15 is 0 Å².